The van der Waals surface area contributed by atoms with Crippen LogP contribution in [0.1, 0.15) is 23.7 Å². The zero-order valence-electron chi connectivity index (χ0n) is 10.5. The molecule has 2 N–H and O–H groups in total. The van der Waals surface area contributed by atoms with Crippen molar-refractivity contribution < 1.29 is 9.18 Å². The van der Waals surface area contributed by atoms with E-state index in [-0.39, 0.29) is 17.8 Å². The Morgan fingerprint density at radius 2 is 2.15 bits per heavy atom. The van der Waals surface area contributed by atoms with Crippen LogP contribution in [0.15, 0.2) is 35.7 Å². The Balaban J connectivity index is 1.81. The molecule has 1 saturated carbocycles. The normalized spacial score (nSPS) is 15.8. The molecule has 3 rings (SSSR count). The van der Waals surface area contributed by atoms with E-state index >= 15 is 0 Å². The quantitative estimate of drug-likeness (QED) is 0.828. The highest BCUT2D eigenvalue weighted by atomic mass is 32.2. The number of benzene rings is 1. The lowest BCUT2D eigenvalue weighted by molar-refractivity contribution is -0.120. The first-order chi connectivity index (χ1) is 9.72. The second kappa shape index (κ2) is 5.62. The third kappa shape index (κ3) is 3.16. The number of aromatic amines is 1. The number of aromatic nitrogens is 3. The SMILES string of the molecule is O=C(NC1CC1)[C@@H](Sc1ncn[nH]1)c1ccc(F)cc1. The van der Waals surface area contributed by atoms with E-state index in [1.165, 1.54) is 30.2 Å². The van der Waals surface area contributed by atoms with Crippen LogP contribution in [0.3, 0.4) is 0 Å². The molecule has 1 aromatic carbocycles. The fourth-order valence-corrected chi connectivity index (χ4v) is 2.68. The molecule has 0 aliphatic heterocycles. The van der Waals surface area contributed by atoms with E-state index in [4.69, 9.17) is 0 Å². The molecule has 104 valence electrons. The highest BCUT2D eigenvalue weighted by Gasteiger charge is 2.29. The van der Waals surface area contributed by atoms with Crippen LogP contribution in [0.25, 0.3) is 0 Å². The summed E-state index contributed by atoms with van der Waals surface area (Å²) in [4.78, 5) is 16.3. The van der Waals surface area contributed by atoms with Crippen LogP contribution < -0.4 is 5.32 Å². The zero-order valence-corrected chi connectivity index (χ0v) is 11.4. The lowest BCUT2D eigenvalue weighted by Gasteiger charge is -2.15. The average molecular weight is 292 g/mol. The highest BCUT2D eigenvalue weighted by molar-refractivity contribution is 8.00. The van der Waals surface area contributed by atoms with Gasteiger partial charge in [0.05, 0.1) is 0 Å². The molecule has 7 heteroatoms. The van der Waals surface area contributed by atoms with Crippen LogP contribution in [0, 0.1) is 5.82 Å². The number of carbonyl (C=O) groups excluding carboxylic acids is 1. The standard InChI is InChI=1S/C13H13FN4OS/c14-9-3-1-8(2-4-9)11(12(19)17-10-5-6-10)20-13-15-7-16-18-13/h1-4,7,10-11H,5-6H2,(H,17,19)(H,15,16,18)/t11-/m0/s1. The largest absolute Gasteiger partial charge is 0.352 e. The molecule has 5 nitrogen and oxygen atoms in total. The predicted molar refractivity (Wildman–Crippen MR) is 72.5 cm³/mol. The van der Waals surface area contributed by atoms with Crippen molar-refractivity contribution in [1.82, 2.24) is 20.5 Å². The highest BCUT2D eigenvalue weighted by Crippen LogP contribution is 2.34. The van der Waals surface area contributed by atoms with Crippen molar-refractivity contribution in [3.63, 3.8) is 0 Å². The second-order valence-corrected chi connectivity index (χ2v) is 5.72. The van der Waals surface area contributed by atoms with Gasteiger partial charge in [-0.3, -0.25) is 9.89 Å². The molecule has 0 bridgehead atoms. The molecule has 20 heavy (non-hydrogen) atoms. The Bertz CT molecular complexity index is 583. The summed E-state index contributed by atoms with van der Waals surface area (Å²) in [5.74, 6) is -0.403. The molecule has 0 spiro atoms. The molecule has 1 atom stereocenters. The van der Waals surface area contributed by atoms with E-state index in [2.05, 4.69) is 20.5 Å². The van der Waals surface area contributed by atoms with Crippen molar-refractivity contribution in [3.8, 4) is 0 Å². The van der Waals surface area contributed by atoms with E-state index in [0.717, 1.165) is 18.4 Å². The van der Waals surface area contributed by atoms with Gasteiger partial charge in [-0.1, -0.05) is 23.9 Å². The minimum Gasteiger partial charge on any atom is -0.352 e. The summed E-state index contributed by atoms with van der Waals surface area (Å²) in [6, 6.07) is 6.23. The van der Waals surface area contributed by atoms with Crippen molar-refractivity contribution in [2.24, 2.45) is 0 Å². The molecule has 1 heterocycles. The van der Waals surface area contributed by atoms with Crippen LogP contribution in [0.4, 0.5) is 4.39 Å². The Kier molecular flexibility index (Phi) is 3.68. The summed E-state index contributed by atoms with van der Waals surface area (Å²) >= 11 is 1.27. The summed E-state index contributed by atoms with van der Waals surface area (Å²) < 4.78 is 13.0. The fourth-order valence-electron chi connectivity index (χ4n) is 1.78. The number of carbonyl (C=O) groups is 1. The maximum atomic E-state index is 13.0. The van der Waals surface area contributed by atoms with Crippen molar-refractivity contribution >= 4 is 17.7 Å². The summed E-state index contributed by atoms with van der Waals surface area (Å²) in [6.07, 6.45) is 3.44. The molecule has 1 aliphatic carbocycles. The molecule has 0 unspecified atom stereocenters. The molecular formula is C13H13FN4OS. The molecule has 1 amide bonds. The number of halogens is 1. The number of hydrogen-bond donors (Lipinski definition) is 2. The Hall–Kier alpha value is -1.89. The first-order valence-electron chi connectivity index (χ1n) is 6.30. The van der Waals surface area contributed by atoms with Crippen LogP contribution >= 0.6 is 11.8 Å². The number of rotatable bonds is 5. The number of thioether (sulfide) groups is 1. The van der Waals surface area contributed by atoms with Crippen LogP contribution in [0.2, 0.25) is 0 Å². The third-order valence-electron chi connectivity index (χ3n) is 2.96. The van der Waals surface area contributed by atoms with Gasteiger partial charge < -0.3 is 5.32 Å². The molecule has 1 fully saturated rings. The van der Waals surface area contributed by atoms with Gasteiger partial charge in [-0.05, 0) is 30.5 Å². The number of H-pyrrole nitrogens is 1. The summed E-state index contributed by atoms with van der Waals surface area (Å²) in [7, 11) is 0. The van der Waals surface area contributed by atoms with Gasteiger partial charge in [-0.25, -0.2) is 9.37 Å². The molecular weight excluding hydrogens is 279 g/mol. The van der Waals surface area contributed by atoms with Gasteiger partial charge >= 0.3 is 0 Å². The van der Waals surface area contributed by atoms with E-state index < -0.39 is 5.25 Å². The minimum atomic E-state index is -0.468. The zero-order chi connectivity index (χ0) is 13.9. The number of hydrogen-bond acceptors (Lipinski definition) is 4. The molecule has 1 aliphatic rings. The van der Waals surface area contributed by atoms with Crippen LogP contribution in [-0.2, 0) is 4.79 Å². The summed E-state index contributed by atoms with van der Waals surface area (Å²) in [5, 5.41) is 9.54. The van der Waals surface area contributed by atoms with Gasteiger partial charge in [-0.15, -0.1) is 0 Å². The maximum absolute atomic E-state index is 13.0. The number of nitrogens with zero attached hydrogens (tertiary/aromatic N) is 2. The monoisotopic (exact) mass is 292 g/mol. The van der Waals surface area contributed by atoms with Gasteiger partial charge in [0.2, 0.25) is 5.91 Å². The summed E-state index contributed by atoms with van der Waals surface area (Å²) in [6.45, 7) is 0. The molecule has 0 radical (unpaired) electrons. The van der Waals surface area contributed by atoms with E-state index in [1.807, 2.05) is 0 Å². The lowest BCUT2D eigenvalue weighted by Crippen LogP contribution is -2.29. The van der Waals surface area contributed by atoms with E-state index in [0.29, 0.717) is 5.16 Å². The number of nitrogens with one attached hydrogen (secondary N) is 2. The minimum absolute atomic E-state index is 0.0829. The lowest BCUT2D eigenvalue weighted by atomic mass is 10.1. The molecule has 1 aromatic heterocycles. The Morgan fingerprint density at radius 3 is 2.75 bits per heavy atom. The van der Waals surface area contributed by atoms with Gasteiger partial charge in [0.1, 0.15) is 17.4 Å². The van der Waals surface area contributed by atoms with Crippen molar-refractivity contribution in [2.75, 3.05) is 0 Å². The van der Waals surface area contributed by atoms with Crippen LogP contribution in [-0.4, -0.2) is 27.1 Å². The second-order valence-electron chi connectivity index (χ2n) is 4.62. The van der Waals surface area contributed by atoms with E-state index in [9.17, 15) is 9.18 Å². The van der Waals surface area contributed by atoms with Crippen molar-refractivity contribution in [1.29, 1.82) is 0 Å². The predicted octanol–water partition coefficient (Wildman–Crippen LogP) is 2.06. The van der Waals surface area contributed by atoms with Gasteiger partial charge in [0.25, 0.3) is 0 Å². The van der Waals surface area contributed by atoms with Gasteiger partial charge in [0.15, 0.2) is 5.16 Å². The first-order valence-corrected chi connectivity index (χ1v) is 7.18. The van der Waals surface area contributed by atoms with E-state index in [1.54, 1.807) is 12.1 Å². The first kappa shape index (κ1) is 13.1. The Labute approximate surface area is 119 Å². The van der Waals surface area contributed by atoms with Crippen molar-refractivity contribution in [3.05, 3.63) is 42.0 Å². The average Bonchev–Trinajstić information content (AvgIpc) is 3.10. The van der Waals surface area contributed by atoms with Crippen molar-refractivity contribution in [2.45, 2.75) is 29.3 Å². The number of amides is 1. The Morgan fingerprint density at radius 1 is 1.40 bits per heavy atom. The van der Waals surface area contributed by atoms with Gasteiger partial charge in [0, 0.05) is 6.04 Å². The maximum Gasteiger partial charge on any atom is 0.238 e. The topological polar surface area (TPSA) is 70.7 Å². The van der Waals surface area contributed by atoms with Gasteiger partial charge in [-0.2, -0.15) is 5.10 Å². The van der Waals surface area contributed by atoms with Crippen LogP contribution in [0.5, 0.6) is 0 Å². The smallest absolute Gasteiger partial charge is 0.238 e. The fraction of sp³-hybridized carbons (Fsp3) is 0.308. The summed E-state index contributed by atoms with van der Waals surface area (Å²) in [5.41, 5.74) is 0.742. The molecule has 0 saturated heterocycles. The molecule has 2 aromatic rings. The third-order valence-corrected chi connectivity index (χ3v) is 4.10.